The van der Waals surface area contributed by atoms with Crippen LogP contribution >= 0.6 is 57.6 Å². The summed E-state index contributed by atoms with van der Waals surface area (Å²) in [5.74, 6) is 0.832. The molecule has 1 saturated heterocycles. The largest absolute Gasteiger partial charge is 0.376 e. The van der Waals surface area contributed by atoms with E-state index in [4.69, 9.17) is 27.9 Å². The topological polar surface area (TPSA) is 81.9 Å². The number of benzene rings is 1. The molecule has 1 aliphatic heterocycles. The predicted molar refractivity (Wildman–Crippen MR) is 149 cm³/mol. The van der Waals surface area contributed by atoms with Crippen molar-refractivity contribution in [2.24, 2.45) is 0 Å². The number of thiazole rings is 1. The molecule has 3 aromatic heterocycles. The van der Waals surface area contributed by atoms with Crippen molar-refractivity contribution in [3.8, 4) is 22.6 Å². The van der Waals surface area contributed by atoms with Crippen LogP contribution in [0, 0.1) is 0 Å². The Morgan fingerprint density at radius 2 is 2.14 bits per heavy atom. The third-order valence-electron chi connectivity index (χ3n) is 5.68. The van der Waals surface area contributed by atoms with E-state index in [9.17, 15) is 4.79 Å². The van der Waals surface area contributed by atoms with E-state index < -0.39 is 0 Å². The van der Waals surface area contributed by atoms with Crippen molar-refractivity contribution in [1.29, 1.82) is 0 Å². The van der Waals surface area contributed by atoms with E-state index in [1.165, 1.54) is 28.0 Å². The minimum absolute atomic E-state index is 0.130. The molecule has 36 heavy (non-hydrogen) atoms. The molecule has 4 aromatic rings. The maximum Gasteiger partial charge on any atom is 0.236 e. The molecule has 188 valence electrons. The zero-order valence-electron chi connectivity index (χ0n) is 19.4. The minimum atomic E-state index is -0.167. The zero-order valence-corrected chi connectivity index (χ0v) is 23.3. The van der Waals surface area contributed by atoms with Gasteiger partial charge in [-0.25, -0.2) is 4.98 Å². The summed E-state index contributed by atoms with van der Waals surface area (Å²) in [6.45, 7) is 3.59. The van der Waals surface area contributed by atoms with Crippen molar-refractivity contribution in [3.63, 3.8) is 0 Å². The number of amides is 1. The van der Waals surface area contributed by atoms with Crippen LogP contribution in [0.1, 0.15) is 24.6 Å². The number of nitrogens with zero attached hydrogens (tertiary/aromatic N) is 4. The molecule has 1 unspecified atom stereocenters. The van der Waals surface area contributed by atoms with Gasteiger partial charge in [0.2, 0.25) is 5.91 Å². The Labute approximate surface area is 231 Å². The van der Waals surface area contributed by atoms with Crippen LogP contribution in [0.2, 0.25) is 10.0 Å². The lowest BCUT2D eigenvalue weighted by molar-refractivity contribution is -0.113. The van der Waals surface area contributed by atoms with Crippen LogP contribution in [0.15, 0.2) is 40.2 Å². The van der Waals surface area contributed by atoms with E-state index in [0.29, 0.717) is 32.6 Å². The Hall–Kier alpha value is -1.95. The number of thioether (sulfide) groups is 1. The summed E-state index contributed by atoms with van der Waals surface area (Å²) < 4.78 is 7.95. The van der Waals surface area contributed by atoms with Crippen molar-refractivity contribution >= 4 is 68.7 Å². The monoisotopic (exact) mass is 579 g/mol. The first-order chi connectivity index (χ1) is 17.5. The van der Waals surface area contributed by atoms with Gasteiger partial charge in [0, 0.05) is 38.4 Å². The number of aryl methyl sites for hydroxylation is 1. The highest BCUT2D eigenvalue weighted by Gasteiger charge is 2.23. The maximum atomic E-state index is 12.7. The van der Waals surface area contributed by atoms with Crippen molar-refractivity contribution in [2.75, 3.05) is 17.7 Å². The summed E-state index contributed by atoms with van der Waals surface area (Å²) in [7, 11) is 0. The van der Waals surface area contributed by atoms with Crippen molar-refractivity contribution in [2.45, 2.75) is 44.0 Å². The third-order valence-corrected chi connectivity index (χ3v) is 9.03. The van der Waals surface area contributed by atoms with Gasteiger partial charge in [0.1, 0.15) is 0 Å². The molecule has 1 amide bonds. The number of carbonyl (C=O) groups is 1. The molecule has 0 aliphatic carbocycles. The molecule has 0 radical (unpaired) electrons. The molecule has 5 rings (SSSR count). The molecule has 0 saturated carbocycles. The Bertz CT molecular complexity index is 1360. The number of hydrogen-bond donors (Lipinski definition) is 1. The number of ether oxygens (including phenoxy) is 1. The normalized spacial score (nSPS) is 15.5. The number of thiophene rings is 1. The Balaban J connectivity index is 1.27. The van der Waals surface area contributed by atoms with Crippen LogP contribution in [0.3, 0.4) is 0 Å². The van der Waals surface area contributed by atoms with Gasteiger partial charge in [-0.15, -0.1) is 32.9 Å². The van der Waals surface area contributed by atoms with Crippen molar-refractivity contribution in [3.05, 3.63) is 49.9 Å². The number of rotatable bonds is 9. The number of aromatic nitrogens is 4. The average Bonchev–Trinajstić information content (AvgIpc) is 3.66. The van der Waals surface area contributed by atoms with Gasteiger partial charge in [-0.2, -0.15) is 0 Å². The van der Waals surface area contributed by atoms with E-state index in [1.54, 1.807) is 23.5 Å². The Kier molecular flexibility index (Phi) is 8.29. The van der Waals surface area contributed by atoms with Gasteiger partial charge in [0.05, 0.1) is 29.1 Å². The molecule has 0 bridgehead atoms. The van der Waals surface area contributed by atoms with E-state index in [2.05, 4.69) is 43.4 Å². The van der Waals surface area contributed by atoms with Crippen LogP contribution in [0.25, 0.3) is 22.6 Å². The summed E-state index contributed by atoms with van der Waals surface area (Å²) in [6.07, 6.45) is 3.18. The molecular formula is C24H23Cl2N5O2S3. The molecule has 0 spiro atoms. The molecule has 1 aromatic carbocycles. The molecular weight excluding hydrogens is 557 g/mol. The second-order valence-electron chi connectivity index (χ2n) is 8.21. The Morgan fingerprint density at radius 3 is 2.89 bits per heavy atom. The first kappa shape index (κ1) is 25.7. The van der Waals surface area contributed by atoms with Crippen LogP contribution in [-0.4, -0.2) is 44.1 Å². The highest BCUT2D eigenvalue weighted by Crippen LogP contribution is 2.33. The van der Waals surface area contributed by atoms with Crippen LogP contribution in [0.5, 0.6) is 0 Å². The maximum absolute atomic E-state index is 12.7. The summed E-state index contributed by atoms with van der Waals surface area (Å²) in [5, 5.41) is 18.0. The number of halogens is 2. The van der Waals surface area contributed by atoms with Crippen LogP contribution < -0.4 is 5.32 Å². The molecule has 4 heterocycles. The average molecular weight is 581 g/mol. The highest BCUT2D eigenvalue weighted by atomic mass is 35.5. The third kappa shape index (κ3) is 5.95. The fourth-order valence-corrected chi connectivity index (χ4v) is 6.68. The highest BCUT2D eigenvalue weighted by molar-refractivity contribution is 7.99. The first-order valence-electron chi connectivity index (χ1n) is 11.5. The summed E-state index contributed by atoms with van der Waals surface area (Å²) in [5.41, 5.74) is 2.50. The summed E-state index contributed by atoms with van der Waals surface area (Å²) >= 11 is 16.7. The predicted octanol–water partition coefficient (Wildman–Crippen LogP) is 6.91. The second-order valence-corrected chi connectivity index (χ2v) is 11.8. The smallest absolute Gasteiger partial charge is 0.236 e. The van der Waals surface area contributed by atoms with E-state index >= 15 is 0 Å². The number of hydrogen-bond acceptors (Lipinski definition) is 8. The van der Waals surface area contributed by atoms with Crippen LogP contribution in [-0.2, 0) is 22.5 Å². The SMILES string of the molecule is CCc1cc(-c2nnc(SCC(=O)Nc3nc(-c4ccc(Cl)cc4Cl)cs3)n2CC2CCCO2)cs1. The molecule has 1 fully saturated rings. The lowest BCUT2D eigenvalue weighted by Crippen LogP contribution is -2.18. The molecule has 1 N–H and O–H groups in total. The molecule has 12 heteroatoms. The van der Waals surface area contributed by atoms with Gasteiger partial charge in [-0.05, 0) is 43.5 Å². The molecule has 1 atom stereocenters. The summed E-state index contributed by atoms with van der Waals surface area (Å²) in [4.78, 5) is 18.5. The standard InChI is InChI=1S/C24H23Cl2N5O2S3/c1-2-17-8-14(11-34-17)22-29-30-24(31(22)10-16-4-3-7-33-16)36-13-21(32)28-23-27-20(12-35-23)18-6-5-15(25)9-19(18)26/h5-6,8-9,11-12,16H,2-4,7,10,13H2,1H3,(H,27,28,32). The number of anilines is 1. The lowest BCUT2D eigenvalue weighted by atomic mass is 10.2. The fourth-order valence-electron chi connectivity index (χ4n) is 3.89. The number of carbonyl (C=O) groups excluding carboxylic acids is 1. The minimum Gasteiger partial charge on any atom is -0.376 e. The van der Waals surface area contributed by atoms with Gasteiger partial charge in [0.15, 0.2) is 16.1 Å². The van der Waals surface area contributed by atoms with Crippen LogP contribution in [0.4, 0.5) is 5.13 Å². The van der Waals surface area contributed by atoms with E-state index in [-0.39, 0.29) is 17.8 Å². The Morgan fingerprint density at radius 1 is 1.25 bits per heavy atom. The van der Waals surface area contributed by atoms with Gasteiger partial charge >= 0.3 is 0 Å². The lowest BCUT2D eigenvalue weighted by Gasteiger charge is -2.14. The fraction of sp³-hybridized carbons (Fsp3) is 0.333. The van der Waals surface area contributed by atoms with Gasteiger partial charge in [0.25, 0.3) is 0 Å². The number of nitrogens with one attached hydrogen (secondary N) is 1. The quantitative estimate of drug-likeness (QED) is 0.217. The van der Waals surface area contributed by atoms with Crippen molar-refractivity contribution in [1.82, 2.24) is 19.7 Å². The van der Waals surface area contributed by atoms with E-state index in [1.807, 2.05) is 11.4 Å². The first-order valence-corrected chi connectivity index (χ1v) is 15.0. The van der Waals surface area contributed by atoms with Crippen molar-refractivity contribution < 1.29 is 9.53 Å². The molecule has 7 nitrogen and oxygen atoms in total. The van der Waals surface area contributed by atoms with Gasteiger partial charge in [-0.1, -0.05) is 41.9 Å². The van der Waals surface area contributed by atoms with Gasteiger partial charge < -0.3 is 10.1 Å². The summed E-state index contributed by atoms with van der Waals surface area (Å²) in [6, 6.07) is 7.41. The van der Waals surface area contributed by atoms with E-state index in [0.717, 1.165) is 42.8 Å². The second kappa shape index (κ2) is 11.6. The van der Waals surface area contributed by atoms with Gasteiger partial charge in [-0.3, -0.25) is 9.36 Å². The zero-order chi connectivity index (χ0) is 25.1. The molecule has 1 aliphatic rings.